The number of carbonyl (C=O) groups excluding carboxylic acids is 2. The van der Waals surface area contributed by atoms with Crippen LogP contribution in [0.4, 0.5) is 5.69 Å². The highest BCUT2D eigenvalue weighted by Crippen LogP contribution is 2.39. The van der Waals surface area contributed by atoms with E-state index in [1.54, 1.807) is 0 Å². The molecule has 1 aromatic carbocycles. The summed E-state index contributed by atoms with van der Waals surface area (Å²) in [6, 6.07) is 7.40. The summed E-state index contributed by atoms with van der Waals surface area (Å²) in [7, 11) is 0. The normalized spacial score (nSPS) is 20.7. The summed E-state index contributed by atoms with van der Waals surface area (Å²) in [5.74, 6) is -0.403. The van der Waals surface area contributed by atoms with E-state index in [9.17, 15) is 9.59 Å². The average Bonchev–Trinajstić information content (AvgIpc) is 3.19. The number of benzene rings is 1. The van der Waals surface area contributed by atoms with Crippen molar-refractivity contribution in [1.29, 1.82) is 0 Å². The van der Waals surface area contributed by atoms with Gasteiger partial charge in [0.1, 0.15) is 0 Å². The zero-order valence-corrected chi connectivity index (χ0v) is 12.4. The van der Waals surface area contributed by atoms with Crippen LogP contribution in [0.15, 0.2) is 28.7 Å². The lowest BCUT2D eigenvalue weighted by Gasteiger charge is -2.05. The molecule has 0 aliphatic heterocycles. The molecule has 19 heavy (non-hydrogen) atoms. The van der Waals surface area contributed by atoms with Crippen molar-refractivity contribution in [2.45, 2.75) is 19.8 Å². The predicted octanol–water partition coefficient (Wildman–Crippen LogP) is 2.55. The van der Waals surface area contributed by atoms with Gasteiger partial charge in [-0.15, -0.1) is 0 Å². The average molecular weight is 325 g/mol. The maximum atomic E-state index is 11.9. The zero-order chi connectivity index (χ0) is 13.8. The summed E-state index contributed by atoms with van der Waals surface area (Å²) in [4.78, 5) is 23.6. The van der Waals surface area contributed by atoms with E-state index < -0.39 is 0 Å². The summed E-state index contributed by atoms with van der Waals surface area (Å²) < 4.78 is 0.966. The van der Waals surface area contributed by atoms with E-state index in [0.29, 0.717) is 13.0 Å². The minimum Gasteiger partial charge on any atom is -0.356 e. The molecule has 0 spiro atoms. The van der Waals surface area contributed by atoms with Crippen LogP contribution >= 0.6 is 15.9 Å². The van der Waals surface area contributed by atoms with Gasteiger partial charge in [-0.2, -0.15) is 0 Å². The predicted molar refractivity (Wildman–Crippen MR) is 77.7 cm³/mol. The molecule has 5 heteroatoms. The van der Waals surface area contributed by atoms with Gasteiger partial charge >= 0.3 is 0 Å². The Morgan fingerprint density at radius 1 is 1.21 bits per heavy atom. The van der Waals surface area contributed by atoms with Crippen LogP contribution in [0.2, 0.25) is 0 Å². The number of anilines is 1. The van der Waals surface area contributed by atoms with Crippen LogP contribution < -0.4 is 10.6 Å². The van der Waals surface area contributed by atoms with E-state index in [1.807, 2.05) is 31.2 Å². The van der Waals surface area contributed by atoms with Gasteiger partial charge in [0.15, 0.2) is 0 Å². The van der Waals surface area contributed by atoms with Crippen molar-refractivity contribution in [3.63, 3.8) is 0 Å². The van der Waals surface area contributed by atoms with Crippen LogP contribution in [0.25, 0.3) is 0 Å². The Balaban J connectivity index is 1.82. The fourth-order valence-corrected chi connectivity index (χ4v) is 2.19. The van der Waals surface area contributed by atoms with E-state index in [0.717, 1.165) is 16.6 Å². The second-order valence-electron chi connectivity index (χ2n) is 4.74. The van der Waals surface area contributed by atoms with Crippen molar-refractivity contribution in [1.82, 2.24) is 5.32 Å². The molecular weight excluding hydrogens is 308 g/mol. The molecule has 0 radical (unpaired) electrons. The van der Waals surface area contributed by atoms with E-state index in [-0.39, 0.29) is 23.7 Å². The first-order chi connectivity index (χ1) is 9.11. The number of carbonyl (C=O) groups is 2. The summed E-state index contributed by atoms with van der Waals surface area (Å²) >= 11 is 3.34. The monoisotopic (exact) mass is 324 g/mol. The van der Waals surface area contributed by atoms with Crippen LogP contribution in [-0.4, -0.2) is 18.4 Å². The Kier molecular flexibility index (Phi) is 4.58. The van der Waals surface area contributed by atoms with Crippen molar-refractivity contribution in [3.05, 3.63) is 28.7 Å². The first-order valence-corrected chi connectivity index (χ1v) is 7.25. The van der Waals surface area contributed by atoms with Crippen LogP contribution in [0, 0.1) is 11.8 Å². The third-order valence-corrected chi connectivity index (χ3v) is 3.65. The summed E-state index contributed by atoms with van der Waals surface area (Å²) in [5.41, 5.74) is 0.757. The van der Waals surface area contributed by atoms with Gasteiger partial charge in [0.25, 0.3) is 0 Å². The summed E-state index contributed by atoms with van der Waals surface area (Å²) in [6.07, 6.45) is 1.56. The van der Waals surface area contributed by atoms with E-state index in [4.69, 9.17) is 0 Å². The van der Waals surface area contributed by atoms with Gasteiger partial charge < -0.3 is 10.6 Å². The van der Waals surface area contributed by atoms with Gasteiger partial charge in [-0.3, -0.25) is 9.59 Å². The second-order valence-corrected chi connectivity index (χ2v) is 5.65. The number of hydrogen-bond acceptors (Lipinski definition) is 2. The Hall–Kier alpha value is -1.36. The molecule has 2 N–H and O–H groups in total. The molecule has 0 heterocycles. The standard InChI is InChI=1S/C14H17BrN2O2/c1-2-7-16-13(18)11-8-12(11)14(19)17-10-5-3-9(15)4-6-10/h3-6,11-12H,2,7-8H2,1H3,(H,16,18)(H,17,19). The second kappa shape index (κ2) is 6.19. The molecule has 1 saturated carbocycles. The molecule has 2 atom stereocenters. The first kappa shape index (κ1) is 14.1. The SMILES string of the molecule is CCCNC(=O)C1CC1C(=O)Nc1ccc(Br)cc1. The van der Waals surface area contributed by atoms with E-state index in [1.165, 1.54) is 0 Å². The largest absolute Gasteiger partial charge is 0.356 e. The molecule has 2 unspecified atom stereocenters. The number of rotatable bonds is 5. The van der Waals surface area contributed by atoms with Gasteiger partial charge in [-0.05, 0) is 37.1 Å². The molecule has 0 aromatic heterocycles. The highest BCUT2D eigenvalue weighted by atomic mass is 79.9. The minimum atomic E-state index is -0.180. The first-order valence-electron chi connectivity index (χ1n) is 6.46. The molecule has 4 nitrogen and oxygen atoms in total. The van der Waals surface area contributed by atoms with Crippen molar-refractivity contribution in [2.75, 3.05) is 11.9 Å². The van der Waals surface area contributed by atoms with Crippen molar-refractivity contribution >= 4 is 33.4 Å². The van der Waals surface area contributed by atoms with Crippen LogP contribution in [0.5, 0.6) is 0 Å². The highest BCUT2D eigenvalue weighted by molar-refractivity contribution is 9.10. The Labute approximate surface area is 121 Å². The Morgan fingerprint density at radius 2 is 1.84 bits per heavy atom. The van der Waals surface area contributed by atoms with Gasteiger partial charge in [0.2, 0.25) is 11.8 Å². The molecular formula is C14H17BrN2O2. The number of halogens is 1. The smallest absolute Gasteiger partial charge is 0.228 e. The fraction of sp³-hybridized carbons (Fsp3) is 0.429. The molecule has 1 fully saturated rings. The van der Waals surface area contributed by atoms with Crippen molar-refractivity contribution in [2.24, 2.45) is 11.8 Å². The Bertz CT molecular complexity index is 473. The molecule has 1 aliphatic carbocycles. The maximum absolute atomic E-state index is 11.9. The highest BCUT2D eigenvalue weighted by Gasteiger charge is 2.47. The third-order valence-electron chi connectivity index (χ3n) is 3.12. The zero-order valence-electron chi connectivity index (χ0n) is 10.8. The summed E-state index contributed by atoms with van der Waals surface area (Å²) in [5, 5.41) is 5.66. The van der Waals surface area contributed by atoms with E-state index in [2.05, 4.69) is 26.6 Å². The lowest BCUT2D eigenvalue weighted by molar-refractivity contribution is -0.125. The molecule has 2 amide bonds. The molecule has 102 valence electrons. The molecule has 0 saturated heterocycles. The quantitative estimate of drug-likeness (QED) is 0.874. The van der Waals surface area contributed by atoms with Gasteiger partial charge in [0.05, 0.1) is 11.8 Å². The Morgan fingerprint density at radius 3 is 2.47 bits per heavy atom. The minimum absolute atomic E-state index is 0.00203. The van der Waals surface area contributed by atoms with Crippen molar-refractivity contribution in [3.8, 4) is 0 Å². The molecule has 2 rings (SSSR count). The third kappa shape index (κ3) is 3.80. The topological polar surface area (TPSA) is 58.2 Å². The fourth-order valence-electron chi connectivity index (χ4n) is 1.92. The maximum Gasteiger partial charge on any atom is 0.228 e. The van der Waals surface area contributed by atoms with Gasteiger partial charge in [-0.1, -0.05) is 22.9 Å². The van der Waals surface area contributed by atoms with Gasteiger partial charge in [-0.25, -0.2) is 0 Å². The summed E-state index contributed by atoms with van der Waals surface area (Å²) in [6.45, 7) is 2.68. The van der Waals surface area contributed by atoms with Gasteiger partial charge in [0, 0.05) is 16.7 Å². The molecule has 1 aliphatic rings. The lowest BCUT2D eigenvalue weighted by Crippen LogP contribution is -2.27. The van der Waals surface area contributed by atoms with Crippen LogP contribution in [0.1, 0.15) is 19.8 Å². The van der Waals surface area contributed by atoms with Crippen LogP contribution in [0.3, 0.4) is 0 Å². The number of hydrogen-bond donors (Lipinski definition) is 2. The van der Waals surface area contributed by atoms with Crippen LogP contribution in [-0.2, 0) is 9.59 Å². The molecule has 1 aromatic rings. The lowest BCUT2D eigenvalue weighted by atomic mass is 10.2. The number of amides is 2. The number of nitrogens with one attached hydrogen (secondary N) is 2. The molecule has 0 bridgehead atoms. The van der Waals surface area contributed by atoms with E-state index >= 15 is 0 Å². The van der Waals surface area contributed by atoms with Crippen molar-refractivity contribution < 1.29 is 9.59 Å².